The fourth-order valence-electron chi connectivity index (χ4n) is 3.62. The number of nitrogens with zero attached hydrogens (tertiary/aromatic N) is 2. The van der Waals surface area contributed by atoms with Crippen LogP contribution in [0.4, 0.5) is 8.78 Å². The van der Waals surface area contributed by atoms with Crippen LogP contribution in [0.1, 0.15) is 19.3 Å². The van der Waals surface area contributed by atoms with Gasteiger partial charge in [-0.2, -0.15) is 0 Å². The summed E-state index contributed by atoms with van der Waals surface area (Å²) in [5, 5.41) is 10.3. The van der Waals surface area contributed by atoms with Gasteiger partial charge in [0, 0.05) is 25.9 Å². The van der Waals surface area contributed by atoms with Gasteiger partial charge in [0.2, 0.25) is 5.91 Å². The predicted molar refractivity (Wildman–Crippen MR) is 77.3 cm³/mol. The molecule has 1 amide bonds. The molecular formula is C15H24F2N2O4. The smallest absolute Gasteiger partial charge is 0.267 e. The number of amides is 1. The number of alkyl halides is 2. The van der Waals surface area contributed by atoms with Gasteiger partial charge in [0.15, 0.2) is 0 Å². The Labute approximate surface area is 134 Å². The van der Waals surface area contributed by atoms with Crippen LogP contribution in [0.2, 0.25) is 0 Å². The average molecular weight is 334 g/mol. The Morgan fingerprint density at radius 1 is 1.39 bits per heavy atom. The second kappa shape index (κ2) is 6.23. The van der Waals surface area contributed by atoms with Gasteiger partial charge in [-0.1, -0.05) is 0 Å². The summed E-state index contributed by atoms with van der Waals surface area (Å²) < 4.78 is 37.9. The molecular weight excluding hydrogens is 310 g/mol. The number of hydrogen-bond acceptors (Lipinski definition) is 5. The molecule has 0 radical (unpaired) electrons. The van der Waals surface area contributed by atoms with Gasteiger partial charge < -0.3 is 24.4 Å². The molecule has 5 unspecified atom stereocenters. The van der Waals surface area contributed by atoms with E-state index in [-0.39, 0.29) is 43.6 Å². The molecule has 0 aromatic rings. The lowest BCUT2D eigenvalue weighted by atomic mass is 10.1. The molecule has 3 fully saturated rings. The van der Waals surface area contributed by atoms with Gasteiger partial charge in [-0.05, 0) is 14.1 Å². The molecule has 0 aromatic carbocycles. The summed E-state index contributed by atoms with van der Waals surface area (Å²) in [6.45, 7) is 0.189. The molecule has 0 saturated carbocycles. The molecule has 23 heavy (non-hydrogen) atoms. The number of carbonyl (C=O) groups excluding carboxylic acids is 1. The first kappa shape index (κ1) is 17.0. The molecule has 3 saturated heterocycles. The maximum absolute atomic E-state index is 13.2. The van der Waals surface area contributed by atoms with Gasteiger partial charge in [-0.3, -0.25) is 4.79 Å². The standard InChI is InChI=1S/C15H24F2N2O4/c1-18(2)7-11-13(21)14-10(23-11)5-9(22-14)6-12(20)19-4-3-15(16,17)8-19/h9-11,13-14,21H,3-8H2,1-2H3. The van der Waals surface area contributed by atoms with E-state index in [0.717, 1.165) is 0 Å². The minimum absolute atomic E-state index is 0.0670. The topological polar surface area (TPSA) is 62.2 Å². The third-order valence-electron chi connectivity index (χ3n) is 4.75. The number of fused-ring (bicyclic) bond motifs is 1. The average Bonchev–Trinajstić information content (AvgIpc) is 3.06. The van der Waals surface area contributed by atoms with Crippen molar-refractivity contribution >= 4 is 5.91 Å². The maximum atomic E-state index is 13.2. The van der Waals surface area contributed by atoms with Gasteiger partial charge >= 0.3 is 0 Å². The van der Waals surface area contributed by atoms with Crippen LogP contribution in [0.15, 0.2) is 0 Å². The van der Waals surface area contributed by atoms with Gasteiger partial charge in [0.25, 0.3) is 5.92 Å². The zero-order valence-corrected chi connectivity index (χ0v) is 13.5. The minimum atomic E-state index is -2.78. The van der Waals surface area contributed by atoms with Crippen molar-refractivity contribution in [3.05, 3.63) is 0 Å². The molecule has 132 valence electrons. The van der Waals surface area contributed by atoms with Crippen molar-refractivity contribution in [2.24, 2.45) is 0 Å². The van der Waals surface area contributed by atoms with Gasteiger partial charge in [-0.15, -0.1) is 0 Å². The Kier molecular flexibility index (Phi) is 4.61. The Morgan fingerprint density at radius 3 is 2.70 bits per heavy atom. The molecule has 8 heteroatoms. The summed E-state index contributed by atoms with van der Waals surface area (Å²) in [7, 11) is 3.80. The van der Waals surface area contributed by atoms with Gasteiger partial charge in [0.05, 0.1) is 31.3 Å². The number of hydrogen-bond donors (Lipinski definition) is 1. The van der Waals surface area contributed by atoms with Crippen LogP contribution in [0.5, 0.6) is 0 Å². The Morgan fingerprint density at radius 2 is 2.13 bits per heavy atom. The SMILES string of the molecule is CN(C)CC1OC2CC(CC(=O)N3CCC(F)(F)C3)OC2C1O. The highest BCUT2D eigenvalue weighted by atomic mass is 19.3. The van der Waals surface area contributed by atoms with Crippen LogP contribution < -0.4 is 0 Å². The zero-order chi connectivity index (χ0) is 16.8. The van der Waals surface area contributed by atoms with E-state index >= 15 is 0 Å². The Bertz CT molecular complexity index is 463. The summed E-state index contributed by atoms with van der Waals surface area (Å²) >= 11 is 0. The second-order valence-corrected chi connectivity index (χ2v) is 7.05. The van der Waals surface area contributed by atoms with Crippen LogP contribution in [0, 0.1) is 0 Å². The number of likely N-dealkylation sites (tertiary alicyclic amines) is 1. The van der Waals surface area contributed by atoms with Crippen LogP contribution in [0.3, 0.4) is 0 Å². The summed E-state index contributed by atoms with van der Waals surface area (Å²) in [4.78, 5) is 15.2. The first-order valence-electron chi connectivity index (χ1n) is 8.04. The molecule has 3 aliphatic heterocycles. The van der Waals surface area contributed by atoms with Crippen LogP contribution in [0.25, 0.3) is 0 Å². The summed E-state index contributed by atoms with van der Waals surface area (Å²) in [6.07, 6.45) is -1.75. The lowest BCUT2D eigenvalue weighted by Crippen LogP contribution is -2.39. The number of rotatable bonds is 4. The maximum Gasteiger partial charge on any atom is 0.267 e. The minimum Gasteiger partial charge on any atom is -0.388 e. The van der Waals surface area contributed by atoms with Crippen LogP contribution >= 0.6 is 0 Å². The Hall–Kier alpha value is -0.830. The van der Waals surface area contributed by atoms with Crippen molar-refractivity contribution in [3.8, 4) is 0 Å². The van der Waals surface area contributed by atoms with Crippen LogP contribution in [-0.4, -0.2) is 91.0 Å². The fourth-order valence-corrected chi connectivity index (χ4v) is 3.62. The molecule has 0 bridgehead atoms. The summed E-state index contributed by atoms with van der Waals surface area (Å²) in [6, 6.07) is 0. The third kappa shape index (κ3) is 3.65. The third-order valence-corrected chi connectivity index (χ3v) is 4.75. The molecule has 3 aliphatic rings. The van der Waals surface area contributed by atoms with E-state index in [1.807, 2.05) is 19.0 Å². The molecule has 3 rings (SSSR count). The van der Waals surface area contributed by atoms with E-state index in [1.54, 1.807) is 0 Å². The molecule has 3 heterocycles. The highest BCUT2D eigenvalue weighted by Crippen LogP contribution is 2.36. The van der Waals surface area contributed by atoms with E-state index < -0.39 is 24.7 Å². The van der Waals surface area contributed by atoms with Crippen molar-refractivity contribution in [2.45, 2.75) is 55.7 Å². The van der Waals surface area contributed by atoms with Gasteiger partial charge in [0.1, 0.15) is 12.2 Å². The number of ether oxygens (including phenoxy) is 2. The number of aliphatic hydroxyl groups is 1. The summed E-state index contributed by atoms with van der Waals surface area (Å²) in [5.41, 5.74) is 0. The highest BCUT2D eigenvalue weighted by Gasteiger charge is 2.51. The largest absolute Gasteiger partial charge is 0.388 e. The van der Waals surface area contributed by atoms with E-state index in [4.69, 9.17) is 9.47 Å². The molecule has 0 spiro atoms. The first-order valence-corrected chi connectivity index (χ1v) is 8.04. The first-order chi connectivity index (χ1) is 10.7. The normalized spacial score (nSPS) is 39.2. The number of halogens is 2. The van der Waals surface area contributed by atoms with Crippen molar-refractivity contribution in [3.63, 3.8) is 0 Å². The van der Waals surface area contributed by atoms with Crippen molar-refractivity contribution in [1.29, 1.82) is 0 Å². The molecule has 5 atom stereocenters. The van der Waals surface area contributed by atoms with E-state index in [0.29, 0.717) is 13.0 Å². The number of carbonyl (C=O) groups is 1. The second-order valence-electron chi connectivity index (χ2n) is 7.05. The van der Waals surface area contributed by atoms with Crippen LogP contribution in [-0.2, 0) is 14.3 Å². The predicted octanol–water partition coefficient (Wildman–Crippen LogP) is 0.0915. The highest BCUT2D eigenvalue weighted by molar-refractivity contribution is 5.77. The van der Waals surface area contributed by atoms with E-state index in [9.17, 15) is 18.7 Å². The van der Waals surface area contributed by atoms with Gasteiger partial charge in [-0.25, -0.2) is 8.78 Å². The quantitative estimate of drug-likeness (QED) is 0.790. The monoisotopic (exact) mass is 334 g/mol. The van der Waals surface area contributed by atoms with Crippen molar-refractivity contribution in [1.82, 2.24) is 9.80 Å². The Balaban J connectivity index is 1.49. The van der Waals surface area contributed by atoms with E-state index in [1.165, 1.54) is 4.90 Å². The molecule has 0 aliphatic carbocycles. The molecule has 1 N–H and O–H groups in total. The lowest BCUT2D eigenvalue weighted by molar-refractivity contribution is -0.135. The van der Waals surface area contributed by atoms with Crippen molar-refractivity contribution < 1.29 is 28.2 Å². The zero-order valence-electron chi connectivity index (χ0n) is 13.5. The number of likely N-dealkylation sites (N-methyl/N-ethyl adjacent to an activating group) is 1. The summed E-state index contributed by atoms with van der Waals surface area (Å²) in [5.74, 6) is -3.09. The molecule has 6 nitrogen and oxygen atoms in total. The lowest BCUT2D eigenvalue weighted by Gasteiger charge is -2.23. The molecule has 0 aromatic heterocycles. The fraction of sp³-hybridized carbons (Fsp3) is 0.933. The number of aliphatic hydroxyl groups excluding tert-OH is 1. The van der Waals surface area contributed by atoms with Crippen molar-refractivity contribution in [2.75, 3.05) is 33.7 Å². The van der Waals surface area contributed by atoms with E-state index in [2.05, 4.69) is 0 Å².